The number of nitrogens with one attached hydrogen (secondary N) is 25. The van der Waals surface area contributed by atoms with Gasteiger partial charge in [-0.15, -0.1) is 0 Å². The Morgan fingerprint density at radius 2 is 0.626 bits per heavy atom. The van der Waals surface area contributed by atoms with Crippen LogP contribution in [0.3, 0.4) is 0 Å². The number of carbonyl (C=O) groups excluding carboxylic acids is 9. The van der Waals surface area contributed by atoms with E-state index in [0.717, 1.165) is 5.56 Å². The molecule has 1 heterocycles. The number of guanidine groups is 8. The van der Waals surface area contributed by atoms with E-state index in [-0.39, 0.29) is 183 Å². The van der Waals surface area contributed by atoms with E-state index in [0.29, 0.717) is 11.1 Å². The minimum absolute atomic E-state index is 0.00201. The topological polar surface area (TPSA) is 839 Å². The SMILES string of the molecule is Cc1ccc(S(=O)(=O)Nc2cc(OCC(=O)N[C@@H](CCCNC(=N)N)C(=O)N[C@@H](CCCNC(=N)N)C(=O)N[C@@H](CCCNC(=N)N)C(=O)N[C@@H](CCCNC(=N)N)C(=O)N[C@@H](CCCNC(=N)N)C(=O)N[C@@H](CCCNC(=N)N)C(=O)N[C@@H](CCCNC(=N)N)C(=O)N[C@@H](CCCNC(=N)N)C(N)=O)cc3ccc(C)nc23)cc1. The average molecular weight is 1630 g/mol. The van der Waals surface area contributed by atoms with Crippen LogP contribution in [0.15, 0.2) is 53.4 Å². The molecule has 0 bridgehead atoms. The number of ether oxygens (including phenoxy) is 1. The van der Waals surface area contributed by atoms with E-state index >= 15 is 0 Å². The molecule has 0 spiro atoms. The number of rotatable bonds is 54. The largest absolute Gasteiger partial charge is 0.484 e. The number of hydrogen-bond donors (Lipinski definition) is 34. The highest BCUT2D eigenvalue weighted by atomic mass is 32.2. The highest BCUT2D eigenvalue weighted by Gasteiger charge is 2.35. The zero-order valence-corrected chi connectivity index (χ0v) is 65.2. The Bertz CT molecular complexity index is 3980. The molecule has 636 valence electrons. The van der Waals surface area contributed by atoms with Crippen LogP contribution in [0.4, 0.5) is 5.69 Å². The lowest BCUT2D eigenvalue weighted by Gasteiger charge is -2.28. The number of anilines is 1. The second kappa shape index (κ2) is 50.6. The van der Waals surface area contributed by atoms with E-state index in [4.69, 9.17) is 99.6 Å². The normalized spacial score (nSPS) is 13.0. The van der Waals surface area contributed by atoms with Crippen molar-refractivity contribution in [1.82, 2.24) is 90.1 Å². The van der Waals surface area contributed by atoms with Crippen LogP contribution in [0.2, 0.25) is 0 Å². The summed E-state index contributed by atoms with van der Waals surface area (Å²) in [4.78, 5) is 134. The summed E-state index contributed by atoms with van der Waals surface area (Å²) in [5, 5.41) is 104. The van der Waals surface area contributed by atoms with E-state index in [9.17, 15) is 51.6 Å². The van der Waals surface area contributed by atoms with Gasteiger partial charge in [-0.1, -0.05) is 23.8 Å². The smallest absolute Gasteiger partial charge is 0.261 e. The van der Waals surface area contributed by atoms with Gasteiger partial charge in [0.25, 0.3) is 15.9 Å². The number of benzene rings is 2. The molecule has 2 aromatic carbocycles. The first-order valence-electron chi connectivity index (χ1n) is 36.8. The number of amides is 9. The van der Waals surface area contributed by atoms with Crippen molar-refractivity contribution in [3.63, 3.8) is 0 Å². The van der Waals surface area contributed by atoms with Gasteiger partial charge in [0.2, 0.25) is 47.3 Å². The maximum Gasteiger partial charge on any atom is 0.261 e. The minimum atomic E-state index is -4.18. The molecule has 0 aliphatic rings. The lowest BCUT2D eigenvalue weighted by atomic mass is 10.0. The summed E-state index contributed by atoms with van der Waals surface area (Å²) in [6.45, 7) is 2.87. The van der Waals surface area contributed by atoms with Crippen molar-refractivity contribution in [3.8, 4) is 5.75 Å². The number of nitrogens with two attached hydrogens (primary N) is 9. The molecule has 8 atom stereocenters. The molecular formula is C67H115N35O12S. The Morgan fingerprint density at radius 1 is 0.365 bits per heavy atom. The van der Waals surface area contributed by atoms with Crippen molar-refractivity contribution < 1.29 is 56.3 Å². The molecule has 115 heavy (non-hydrogen) atoms. The summed E-state index contributed by atoms with van der Waals surface area (Å²) in [5.74, 6) is -11.9. The fraction of sp³-hybridized carbons (Fsp3) is 0.522. The molecule has 48 heteroatoms. The molecular weight excluding hydrogens is 1520 g/mol. The van der Waals surface area contributed by atoms with Gasteiger partial charge in [0.1, 0.15) is 54.1 Å². The summed E-state index contributed by atoms with van der Waals surface area (Å²) in [7, 11) is -4.18. The molecule has 0 fully saturated rings. The Balaban J connectivity index is 2.09. The predicted molar refractivity (Wildman–Crippen MR) is 432 cm³/mol. The lowest BCUT2D eigenvalue weighted by Crippen LogP contribution is -2.60. The quantitative estimate of drug-likeness (QED) is 0.0142. The van der Waals surface area contributed by atoms with Crippen molar-refractivity contribution in [2.45, 2.75) is 170 Å². The zero-order chi connectivity index (χ0) is 85.7. The zero-order valence-electron chi connectivity index (χ0n) is 64.4. The first kappa shape index (κ1) is 96.0. The second-order valence-electron chi connectivity index (χ2n) is 26.5. The third-order valence-corrected chi connectivity index (χ3v) is 18.2. The van der Waals surface area contributed by atoms with Gasteiger partial charge in [0, 0.05) is 69.5 Å². The fourth-order valence-corrected chi connectivity index (χ4v) is 12.1. The Morgan fingerprint density at radius 3 is 0.896 bits per heavy atom. The molecule has 0 radical (unpaired) electrons. The number of primary amides is 1. The Labute approximate surface area is 665 Å². The number of aryl methyl sites for hydroxylation is 2. The van der Waals surface area contributed by atoms with Crippen molar-refractivity contribution in [1.29, 1.82) is 43.3 Å². The molecule has 47 nitrogen and oxygen atoms in total. The fourth-order valence-electron chi connectivity index (χ4n) is 11.1. The maximum atomic E-state index is 15.0. The van der Waals surface area contributed by atoms with Gasteiger partial charge in [0.15, 0.2) is 54.3 Å². The predicted octanol–water partition coefficient (Wildman–Crippen LogP) is -7.50. The number of aromatic nitrogens is 1. The molecule has 3 aromatic rings. The third kappa shape index (κ3) is 39.5. The standard InChI is InChI=1S/C67H115N35O12S/c1-36-19-23-40(24-20-36)115(112,113)102-49-34-39(33-38-22-21-37(2)93-51(38)49)114-35-50(103)94-42(12-4-26-86-61(71)72)53(105)96-44(14-6-28-88-63(75)76)55(107)98-46(16-8-30-90-65(79)80)57(109)100-48(18-10-32-92-67(83)84)59(111)101-47(17-9-31-91-66(81)82)58(110)99-45(15-7-29-89-64(77)78)56(108)97-43(13-5-27-87-62(73)74)54(106)95-41(52(68)104)11-3-25-85-60(69)70/h19-24,33-34,41-48,102H,3-18,25-32,35H2,1-2H3,(H2,68,104)(H,94,103)(H,95,106)(H,96,105)(H,97,108)(H,98,107)(H,99,110)(H,100,109)(H,101,111)(H4,69,70,85)(H4,71,72,86)(H4,73,74,87)(H4,75,76,88)(H4,77,78,89)(H4,79,80,90)(H4,81,82,91)(H4,83,84,92)/t41-,42-,43-,44-,45-,46-,47-,48-/m0/s1. The number of fused-ring (bicyclic) bond motifs is 1. The number of nitrogens with zero attached hydrogens (tertiary/aromatic N) is 1. The number of carbonyl (C=O) groups is 9. The van der Waals surface area contributed by atoms with Crippen molar-refractivity contribution >= 4 is 127 Å². The summed E-state index contributed by atoms with van der Waals surface area (Å²) in [5.41, 5.74) is 51.6. The van der Waals surface area contributed by atoms with Gasteiger partial charge >= 0.3 is 0 Å². The molecule has 9 amide bonds. The van der Waals surface area contributed by atoms with Crippen molar-refractivity contribution in [2.75, 3.05) is 63.7 Å². The van der Waals surface area contributed by atoms with Crippen LogP contribution < -0.4 is 146 Å². The van der Waals surface area contributed by atoms with Crippen LogP contribution in [0.5, 0.6) is 5.75 Å². The summed E-state index contributed by atoms with van der Waals surface area (Å²) < 4.78 is 35.8. The van der Waals surface area contributed by atoms with Crippen molar-refractivity contribution in [3.05, 3.63) is 59.8 Å². The van der Waals surface area contributed by atoms with Crippen LogP contribution in [0, 0.1) is 57.1 Å². The maximum absolute atomic E-state index is 15.0. The van der Waals surface area contributed by atoms with E-state index in [1.807, 2.05) is 0 Å². The van der Waals surface area contributed by atoms with Crippen LogP contribution in [-0.4, -0.2) is 222 Å². The minimum Gasteiger partial charge on any atom is -0.484 e. The van der Waals surface area contributed by atoms with Gasteiger partial charge in [-0.25, -0.2) is 8.42 Å². The van der Waals surface area contributed by atoms with Crippen LogP contribution >= 0.6 is 0 Å². The second-order valence-corrected chi connectivity index (χ2v) is 28.2. The van der Waals surface area contributed by atoms with Gasteiger partial charge in [-0.05, 0) is 141 Å². The molecule has 3 rings (SSSR count). The van der Waals surface area contributed by atoms with Gasteiger partial charge in [-0.2, -0.15) is 0 Å². The molecule has 0 aliphatic heterocycles. The van der Waals surface area contributed by atoms with Gasteiger partial charge < -0.3 is 141 Å². The van der Waals surface area contributed by atoms with E-state index in [1.54, 1.807) is 38.1 Å². The number of hydrogen-bond acceptors (Lipinski definition) is 21. The van der Waals surface area contributed by atoms with E-state index in [2.05, 4.69) is 94.8 Å². The van der Waals surface area contributed by atoms with E-state index in [1.165, 1.54) is 24.3 Å². The monoisotopic (exact) mass is 1630 g/mol. The molecule has 0 saturated carbocycles. The van der Waals surface area contributed by atoms with Gasteiger partial charge in [0.05, 0.1) is 16.1 Å². The molecule has 0 aliphatic carbocycles. The Kier molecular flexibility index (Phi) is 42.3. The number of pyridine rings is 1. The Hall–Kier alpha value is -13.2. The molecule has 0 saturated heterocycles. The van der Waals surface area contributed by atoms with Gasteiger partial charge in [-0.3, -0.25) is 96.1 Å². The molecule has 0 unspecified atom stereocenters. The summed E-state index contributed by atoms with van der Waals surface area (Å²) in [6, 6.07) is 0.317. The van der Waals surface area contributed by atoms with Crippen LogP contribution in [0.25, 0.3) is 10.9 Å². The molecule has 1 aromatic heterocycles. The third-order valence-electron chi connectivity index (χ3n) is 16.8. The first-order chi connectivity index (χ1) is 54.3. The number of sulfonamides is 1. The summed E-state index contributed by atoms with van der Waals surface area (Å²) in [6.07, 6.45) is -0.958. The average Bonchev–Trinajstić information content (AvgIpc) is 0.787. The van der Waals surface area contributed by atoms with Crippen molar-refractivity contribution in [2.24, 2.45) is 51.6 Å². The highest BCUT2D eigenvalue weighted by molar-refractivity contribution is 7.92. The highest BCUT2D eigenvalue weighted by Crippen LogP contribution is 2.31. The lowest BCUT2D eigenvalue weighted by molar-refractivity contribution is -0.136. The molecule has 43 N–H and O–H groups in total. The van der Waals surface area contributed by atoms with Crippen LogP contribution in [0.1, 0.15) is 114 Å². The first-order valence-corrected chi connectivity index (χ1v) is 38.3. The van der Waals surface area contributed by atoms with Crippen LogP contribution in [-0.2, 0) is 53.2 Å². The summed E-state index contributed by atoms with van der Waals surface area (Å²) >= 11 is 0. The van der Waals surface area contributed by atoms with E-state index < -0.39 is 160 Å².